The quantitative estimate of drug-likeness (QED) is 0.798. The average Bonchev–Trinajstić information content (AvgIpc) is 3.01. The van der Waals surface area contributed by atoms with Crippen LogP contribution in [0.25, 0.3) is 0 Å². The minimum atomic E-state index is 0.446. The lowest BCUT2D eigenvalue weighted by molar-refractivity contribution is 0.651. The van der Waals surface area contributed by atoms with Crippen molar-refractivity contribution in [2.45, 2.75) is 5.88 Å². The van der Waals surface area contributed by atoms with Crippen molar-refractivity contribution >= 4 is 45.4 Å². The van der Waals surface area contributed by atoms with Gasteiger partial charge in [-0.2, -0.15) is 0 Å². The van der Waals surface area contributed by atoms with Crippen LogP contribution in [0.4, 0.5) is 10.8 Å². The molecule has 1 saturated heterocycles. The zero-order valence-electron chi connectivity index (χ0n) is 10.9. The molecule has 3 rings (SSSR count). The zero-order valence-corrected chi connectivity index (χ0v) is 13.3. The largest absolute Gasteiger partial charge is 0.368 e. The number of piperazine rings is 1. The summed E-state index contributed by atoms with van der Waals surface area (Å²) in [6.45, 7) is 3.87. The van der Waals surface area contributed by atoms with Crippen molar-refractivity contribution < 1.29 is 0 Å². The molecule has 1 aromatic carbocycles. The Balaban J connectivity index is 1.74. The van der Waals surface area contributed by atoms with Gasteiger partial charge in [0.2, 0.25) is 0 Å². The Morgan fingerprint density at radius 1 is 1.15 bits per heavy atom. The number of hydrogen-bond acceptors (Lipinski definition) is 4. The SMILES string of the molecule is ClCc1c(Cl)cccc1N1CCN(c2nccs2)CC1. The lowest BCUT2D eigenvalue weighted by Crippen LogP contribution is -2.46. The average molecular weight is 328 g/mol. The molecule has 0 spiro atoms. The van der Waals surface area contributed by atoms with Gasteiger partial charge in [0.05, 0.1) is 5.88 Å². The first-order valence-electron chi connectivity index (χ1n) is 6.52. The van der Waals surface area contributed by atoms with Gasteiger partial charge >= 0.3 is 0 Å². The normalized spacial score (nSPS) is 15.7. The summed E-state index contributed by atoms with van der Waals surface area (Å²) in [5, 5.41) is 3.87. The van der Waals surface area contributed by atoms with E-state index in [1.54, 1.807) is 11.3 Å². The molecular formula is C14H15Cl2N3S. The Kier molecular flexibility index (Phi) is 4.34. The molecule has 1 aliphatic heterocycles. The molecule has 1 aliphatic rings. The van der Waals surface area contributed by atoms with Crippen molar-refractivity contribution in [1.82, 2.24) is 4.98 Å². The van der Waals surface area contributed by atoms with Crippen molar-refractivity contribution in [3.05, 3.63) is 40.4 Å². The van der Waals surface area contributed by atoms with Crippen molar-refractivity contribution in [1.29, 1.82) is 0 Å². The van der Waals surface area contributed by atoms with Crippen LogP contribution in [0.15, 0.2) is 29.8 Å². The Bertz CT molecular complexity index is 566. The predicted octanol–water partition coefficient (Wildman–Crippen LogP) is 3.86. The number of nitrogens with zero attached hydrogens (tertiary/aromatic N) is 3. The van der Waals surface area contributed by atoms with Crippen LogP contribution in [0.2, 0.25) is 5.02 Å². The summed E-state index contributed by atoms with van der Waals surface area (Å²) in [5.41, 5.74) is 2.19. The van der Waals surface area contributed by atoms with E-state index in [2.05, 4.69) is 20.9 Å². The Morgan fingerprint density at radius 3 is 2.55 bits per heavy atom. The first-order chi connectivity index (χ1) is 9.79. The summed E-state index contributed by atoms with van der Waals surface area (Å²) in [4.78, 5) is 9.05. The van der Waals surface area contributed by atoms with Crippen LogP contribution >= 0.6 is 34.5 Å². The lowest BCUT2D eigenvalue weighted by Gasteiger charge is -2.36. The standard InChI is InChI=1S/C14H15Cl2N3S/c15-10-11-12(16)2-1-3-13(11)18-5-7-19(8-6-18)14-17-4-9-20-14/h1-4,9H,5-8,10H2. The summed E-state index contributed by atoms with van der Waals surface area (Å²) in [7, 11) is 0. The van der Waals surface area contributed by atoms with Crippen LogP contribution in [0.5, 0.6) is 0 Å². The van der Waals surface area contributed by atoms with Crippen LogP contribution in [0.1, 0.15) is 5.56 Å². The van der Waals surface area contributed by atoms with E-state index in [0.29, 0.717) is 5.88 Å². The summed E-state index contributed by atoms with van der Waals surface area (Å²) < 4.78 is 0. The fraction of sp³-hybridized carbons (Fsp3) is 0.357. The summed E-state index contributed by atoms with van der Waals surface area (Å²) >= 11 is 14.0. The number of rotatable bonds is 3. The highest BCUT2D eigenvalue weighted by molar-refractivity contribution is 7.13. The number of aromatic nitrogens is 1. The number of halogens is 2. The van der Waals surface area contributed by atoms with Crippen molar-refractivity contribution in [3.8, 4) is 0 Å². The predicted molar refractivity (Wildman–Crippen MR) is 87.5 cm³/mol. The highest BCUT2D eigenvalue weighted by Gasteiger charge is 2.21. The smallest absolute Gasteiger partial charge is 0.185 e. The molecule has 6 heteroatoms. The van der Waals surface area contributed by atoms with Gasteiger partial charge in [0.1, 0.15) is 0 Å². The molecule has 106 valence electrons. The topological polar surface area (TPSA) is 19.4 Å². The highest BCUT2D eigenvalue weighted by Crippen LogP contribution is 2.30. The van der Waals surface area contributed by atoms with E-state index >= 15 is 0 Å². The molecule has 0 bridgehead atoms. The molecule has 2 aromatic rings. The number of anilines is 2. The summed E-state index contributed by atoms with van der Waals surface area (Å²) in [6, 6.07) is 5.98. The number of hydrogen-bond donors (Lipinski definition) is 0. The summed E-state index contributed by atoms with van der Waals surface area (Å²) in [6.07, 6.45) is 1.86. The number of alkyl halides is 1. The second kappa shape index (κ2) is 6.20. The first-order valence-corrected chi connectivity index (χ1v) is 8.31. The summed E-state index contributed by atoms with van der Waals surface area (Å²) in [5.74, 6) is 0.446. The van der Waals surface area contributed by atoms with E-state index in [-0.39, 0.29) is 0 Å². The van der Waals surface area contributed by atoms with Gasteiger partial charge in [0.25, 0.3) is 0 Å². The minimum absolute atomic E-state index is 0.446. The molecule has 0 radical (unpaired) electrons. The van der Waals surface area contributed by atoms with E-state index in [1.165, 1.54) is 0 Å². The van der Waals surface area contributed by atoms with E-state index < -0.39 is 0 Å². The molecule has 0 saturated carbocycles. The van der Waals surface area contributed by atoms with Gasteiger partial charge in [-0.3, -0.25) is 0 Å². The fourth-order valence-electron chi connectivity index (χ4n) is 2.49. The van der Waals surface area contributed by atoms with Gasteiger partial charge in [-0.25, -0.2) is 4.98 Å². The molecule has 1 aromatic heterocycles. The molecule has 3 nitrogen and oxygen atoms in total. The monoisotopic (exact) mass is 327 g/mol. The number of benzene rings is 1. The molecule has 0 aliphatic carbocycles. The lowest BCUT2D eigenvalue weighted by atomic mass is 10.1. The Hall–Kier alpha value is -0.970. The highest BCUT2D eigenvalue weighted by atomic mass is 35.5. The maximum Gasteiger partial charge on any atom is 0.185 e. The van der Waals surface area contributed by atoms with E-state index in [4.69, 9.17) is 23.2 Å². The second-order valence-electron chi connectivity index (χ2n) is 4.66. The third kappa shape index (κ3) is 2.73. The zero-order chi connectivity index (χ0) is 13.9. The van der Waals surface area contributed by atoms with Gasteiger partial charge in [-0.05, 0) is 12.1 Å². The Morgan fingerprint density at radius 2 is 1.90 bits per heavy atom. The van der Waals surface area contributed by atoms with Gasteiger partial charge in [0, 0.05) is 54.0 Å². The van der Waals surface area contributed by atoms with E-state index in [0.717, 1.165) is 47.6 Å². The van der Waals surface area contributed by atoms with Crippen LogP contribution in [0.3, 0.4) is 0 Å². The van der Waals surface area contributed by atoms with Crippen LogP contribution < -0.4 is 9.80 Å². The van der Waals surface area contributed by atoms with Gasteiger partial charge in [-0.15, -0.1) is 22.9 Å². The van der Waals surface area contributed by atoms with Gasteiger partial charge in [-0.1, -0.05) is 17.7 Å². The van der Waals surface area contributed by atoms with Gasteiger partial charge in [0.15, 0.2) is 5.13 Å². The van der Waals surface area contributed by atoms with Crippen molar-refractivity contribution in [2.75, 3.05) is 36.0 Å². The Labute approximate surface area is 132 Å². The molecule has 2 heterocycles. The van der Waals surface area contributed by atoms with E-state index in [1.807, 2.05) is 23.7 Å². The van der Waals surface area contributed by atoms with Crippen LogP contribution in [0, 0.1) is 0 Å². The number of thiazole rings is 1. The molecule has 0 N–H and O–H groups in total. The molecule has 0 unspecified atom stereocenters. The molecular weight excluding hydrogens is 313 g/mol. The van der Waals surface area contributed by atoms with Crippen LogP contribution in [-0.2, 0) is 5.88 Å². The van der Waals surface area contributed by atoms with Crippen LogP contribution in [-0.4, -0.2) is 31.2 Å². The molecule has 0 amide bonds. The first kappa shape index (κ1) is 14.0. The second-order valence-corrected chi connectivity index (χ2v) is 6.21. The fourth-order valence-corrected chi connectivity index (χ4v) is 3.77. The van der Waals surface area contributed by atoms with E-state index in [9.17, 15) is 0 Å². The maximum atomic E-state index is 6.23. The van der Waals surface area contributed by atoms with Gasteiger partial charge < -0.3 is 9.80 Å². The van der Waals surface area contributed by atoms with Crippen molar-refractivity contribution in [3.63, 3.8) is 0 Å². The molecule has 1 fully saturated rings. The van der Waals surface area contributed by atoms with Crippen molar-refractivity contribution in [2.24, 2.45) is 0 Å². The maximum absolute atomic E-state index is 6.23. The third-order valence-electron chi connectivity index (χ3n) is 3.54. The molecule has 0 atom stereocenters. The molecule has 20 heavy (non-hydrogen) atoms. The third-order valence-corrected chi connectivity index (χ3v) is 4.99. The minimum Gasteiger partial charge on any atom is -0.368 e.